The van der Waals surface area contributed by atoms with Crippen molar-refractivity contribution in [2.24, 2.45) is 7.05 Å². The molecule has 2 aromatic heterocycles. The van der Waals surface area contributed by atoms with Crippen LogP contribution in [0.25, 0.3) is 22.2 Å². The number of benzene rings is 3. The Balaban J connectivity index is 1.49. The summed E-state index contributed by atoms with van der Waals surface area (Å²) in [5, 5.41) is 6.20. The number of fused-ring (bicyclic) bond motifs is 1. The van der Waals surface area contributed by atoms with Crippen molar-refractivity contribution in [3.63, 3.8) is 0 Å². The third-order valence-electron chi connectivity index (χ3n) is 6.35. The molecule has 14 heteroatoms. The van der Waals surface area contributed by atoms with E-state index in [4.69, 9.17) is 23.2 Å². The van der Waals surface area contributed by atoms with Crippen molar-refractivity contribution in [2.45, 2.75) is 6.18 Å². The lowest BCUT2D eigenvalue weighted by Crippen LogP contribution is -2.20. The Morgan fingerprint density at radius 1 is 1.00 bits per heavy atom. The highest BCUT2D eigenvalue weighted by molar-refractivity contribution is 7.99. The number of amides is 1. The molecule has 5 rings (SSSR count). The summed E-state index contributed by atoms with van der Waals surface area (Å²) in [4.78, 5) is 35.2. The van der Waals surface area contributed by atoms with E-state index in [-0.39, 0.29) is 38.4 Å². The molecule has 0 unspecified atom stereocenters. The second kappa shape index (κ2) is 12.2. The summed E-state index contributed by atoms with van der Waals surface area (Å²) < 4.78 is 43.9. The Labute approximate surface area is 257 Å². The first kappa shape index (κ1) is 30.2. The number of hydrogen-bond donors (Lipinski definition) is 3. The van der Waals surface area contributed by atoms with Crippen LogP contribution in [-0.4, -0.2) is 26.7 Å². The van der Waals surface area contributed by atoms with Crippen LogP contribution in [0, 0.1) is 0 Å². The van der Waals surface area contributed by atoms with Crippen molar-refractivity contribution in [3.05, 3.63) is 104 Å². The second-order valence-corrected chi connectivity index (χ2v) is 10.6. The number of aryl methyl sites for hydroxylation is 1. The highest BCUT2D eigenvalue weighted by atomic mass is 35.5. The van der Waals surface area contributed by atoms with E-state index in [1.807, 2.05) is 30.5 Å². The van der Waals surface area contributed by atoms with Gasteiger partial charge in [0, 0.05) is 47.4 Å². The average Bonchev–Trinajstić information content (AvgIpc) is 2.97. The molecule has 0 atom stereocenters. The summed E-state index contributed by atoms with van der Waals surface area (Å²) in [5.41, 5.74) is 0.592. The molecule has 2 heterocycles. The Hall–Kier alpha value is -4.26. The fourth-order valence-corrected chi connectivity index (χ4v) is 5.30. The number of halogens is 5. The highest BCUT2D eigenvalue weighted by Crippen LogP contribution is 2.39. The van der Waals surface area contributed by atoms with Crippen LogP contribution >= 0.6 is 35.1 Å². The first-order valence-corrected chi connectivity index (χ1v) is 14.4. The third-order valence-corrected chi connectivity index (χ3v) is 7.50. The zero-order valence-corrected chi connectivity index (χ0v) is 24.7. The van der Waals surface area contributed by atoms with Gasteiger partial charge >= 0.3 is 6.18 Å². The Kier molecular flexibility index (Phi) is 8.54. The van der Waals surface area contributed by atoms with Crippen molar-refractivity contribution in [1.82, 2.24) is 14.5 Å². The lowest BCUT2D eigenvalue weighted by Gasteiger charge is -2.15. The van der Waals surface area contributed by atoms with Gasteiger partial charge in [-0.2, -0.15) is 18.2 Å². The molecule has 3 aromatic carbocycles. The van der Waals surface area contributed by atoms with Gasteiger partial charge in [0.25, 0.3) is 11.5 Å². The first-order chi connectivity index (χ1) is 20.5. The quantitative estimate of drug-likeness (QED) is 0.154. The van der Waals surface area contributed by atoms with Gasteiger partial charge < -0.3 is 15.4 Å². The molecule has 0 saturated carbocycles. The summed E-state index contributed by atoms with van der Waals surface area (Å²) in [6.45, 7) is 0. The van der Waals surface area contributed by atoms with E-state index < -0.39 is 23.2 Å². The van der Waals surface area contributed by atoms with Crippen molar-refractivity contribution >= 4 is 75.1 Å². The predicted molar refractivity (Wildman–Crippen MR) is 166 cm³/mol. The number of alkyl halides is 3. The minimum Gasteiger partial charge on any atom is -0.330 e. The highest BCUT2D eigenvalue weighted by Gasteiger charge is 2.31. The number of nitrogens with zero attached hydrogens (tertiary/aromatic N) is 3. The minimum atomic E-state index is -4.62. The number of carbonyl (C=O) groups excluding carboxylic acids is 1. The molecular weight excluding hydrogens is 624 g/mol. The normalized spacial score (nSPS) is 11.4. The van der Waals surface area contributed by atoms with Crippen LogP contribution < -0.4 is 20.9 Å². The number of aromatic nitrogens is 3. The molecule has 43 heavy (non-hydrogen) atoms. The van der Waals surface area contributed by atoms with E-state index in [1.165, 1.54) is 47.8 Å². The van der Waals surface area contributed by atoms with Crippen LogP contribution in [0.4, 0.5) is 36.2 Å². The summed E-state index contributed by atoms with van der Waals surface area (Å²) >= 11 is 14.6. The van der Waals surface area contributed by atoms with Crippen molar-refractivity contribution in [1.29, 1.82) is 0 Å². The van der Waals surface area contributed by atoms with E-state index in [9.17, 15) is 22.8 Å². The van der Waals surface area contributed by atoms with E-state index in [0.717, 1.165) is 29.6 Å². The van der Waals surface area contributed by atoms with Crippen LogP contribution in [-0.2, 0) is 13.2 Å². The molecule has 5 aromatic rings. The molecule has 220 valence electrons. The van der Waals surface area contributed by atoms with Gasteiger partial charge in [-0.15, -0.1) is 0 Å². The van der Waals surface area contributed by atoms with Gasteiger partial charge in [-0.1, -0.05) is 47.3 Å². The topological polar surface area (TPSA) is 101 Å². The van der Waals surface area contributed by atoms with Crippen molar-refractivity contribution in [3.8, 4) is 11.1 Å². The number of pyridine rings is 1. The van der Waals surface area contributed by atoms with E-state index in [1.54, 1.807) is 6.20 Å². The largest absolute Gasteiger partial charge is 0.416 e. The summed E-state index contributed by atoms with van der Waals surface area (Å²) in [6, 6.07) is 15.9. The van der Waals surface area contributed by atoms with Crippen LogP contribution in [0.2, 0.25) is 10.0 Å². The van der Waals surface area contributed by atoms with Crippen molar-refractivity contribution < 1.29 is 18.0 Å². The third kappa shape index (κ3) is 6.41. The Morgan fingerprint density at radius 2 is 1.74 bits per heavy atom. The Morgan fingerprint density at radius 3 is 2.49 bits per heavy atom. The molecule has 0 saturated heterocycles. The number of anilines is 4. The van der Waals surface area contributed by atoms with Gasteiger partial charge in [-0.3, -0.25) is 14.2 Å². The molecule has 0 radical (unpaired) electrons. The second-order valence-electron chi connectivity index (χ2n) is 9.22. The fraction of sp³-hybridized carbons (Fsp3) is 0.103. The van der Waals surface area contributed by atoms with Gasteiger partial charge in [0.05, 0.1) is 26.9 Å². The van der Waals surface area contributed by atoms with Crippen LogP contribution in [0.1, 0.15) is 15.9 Å². The molecule has 0 fully saturated rings. The van der Waals surface area contributed by atoms with Gasteiger partial charge in [0.1, 0.15) is 5.65 Å². The number of carbonyl (C=O) groups is 1. The standard InChI is InChI=1S/C29H21Cl2F3N6O2S/c1-40-25-16(14-35-28(38-25)36-18-7-4-8-19(13-18)39-43-2)12-20(27(40)42)23-21(30)9-10-22(24(23)31)37-26(41)15-5-3-6-17(11-15)29(32,33)34/h3-14,39H,1-2H3,(H,37,41)(H,35,36,38). The van der Waals surface area contributed by atoms with Crippen molar-refractivity contribution in [2.75, 3.05) is 21.6 Å². The fourth-order valence-electron chi connectivity index (χ4n) is 4.32. The maximum Gasteiger partial charge on any atom is 0.416 e. The number of nitrogens with one attached hydrogen (secondary N) is 3. The van der Waals surface area contributed by atoms with Gasteiger partial charge in [0.15, 0.2) is 0 Å². The van der Waals surface area contributed by atoms with E-state index in [2.05, 4.69) is 25.3 Å². The maximum absolute atomic E-state index is 13.5. The smallest absolute Gasteiger partial charge is 0.330 e. The molecular formula is C29H21Cl2F3N6O2S. The van der Waals surface area contributed by atoms with Gasteiger partial charge in [-0.25, -0.2) is 4.98 Å². The zero-order valence-electron chi connectivity index (χ0n) is 22.4. The molecule has 8 nitrogen and oxygen atoms in total. The van der Waals surface area contributed by atoms with Gasteiger partial charge in [0.2, 0.25) is 5.95 Å². The first-order valence-electron chi connectivity index (χ1n) is 12.5. The predicted octanol–water partition coefficient (Wildman–Crippen LogP) is 8.01. The average molecular weight is 645 g/mol. The lowest BCUT2D eigenvalue weighted by molar-refractivity contribution is -0.137. The summed E-state index contributed by atoms with van der Waals surface area (Å²) in [7, 11) is 1.54. The molecule has 3 N–H and O–H groups in total. The molecule has 0 spiro atoms. The molecule has 1 amide bonds. The number of hydrogen-bond acceptors (Lipinski definition) is 7. The SMILES string of the molecule is CSNc1cccc(Nc2ncc3cc(-c4c(Cl)ccc(NC(=O)c5cccc(C(F)(F)F)c5)c4Cl)c(=O)n(C)c3n2)c1. The van der Waals surface area contributed by atoms with Crippen LogP contribution in [0.3, 0.4) is 0 Å². The van der Waals surface area contributed by atoms with E-state index in [0.29, 0.717) is 11.0 Å². The van der Waals surface area contributed by atoms with Crippen LogP contribution in [0.15, 0.2) is 77.7 Å². The summed E-state index contributed by atoms with van der Waals surface area (Å²) in [5.74, 6) is -0.553. The van der Waals surface area contributed by atoms with E-state index >= 15 is 0 Å². The lowest BCUT2D eigenvalue weighted by atomic mass is 10.0. The summed E-state index contributed by atoms with van der Waals surface area (Å²) in [6.07, 6.45) is -1.16. The molecule has 0 aliphatic heterocycles. The number of rotatable bonds is 7. The minimum absolute atomic E-state index is 0.0552. The zero-order chi connectivity index (χ0) is 30.9. The Bertz CT molecular complexity index is 1930. The molecule has 0 aliphatic carbocycles. The monoisotopic (exact) mass is 644 g/mol. The van der Waals surface area contributed by atoms with Gasteiger partial charge in [-0.05, 0) is 54.6 Å². The maximum atomic E-state index is 13.5. The molecule has 0 aliphatic rings. The molecule has 0 bridgehead atoms. The van der Waals surface area contributed by atoms with Crippen LogP contribution in [0.5, 0.6) is 0 Å².